The molecule has 0 bridgehead atoms. The summed E-state index contributed by atoms with van der Waals surface area (Å²) in [6, 6.07) is 8.42. The molecule has 1 aliphatic rings. The van der Waals surface area contributed by atoms with Crippen LogP contribution in [-0.4, -0.2) is 22.2 Å². The standard InChI is InChI=1S/C19H23N3O2/c1-12-13(2)21-22(3)19(24)17(12)18(23)20-11-15-9-6-8-14-7-4-5-10-16(14)15/h4-5,7,10,15H,6,8-9,11H2,1-3H3,(H,20,23). The fourth-order valence-corrected chi connectivity index (χ4v) is 3.49. The monoisotopic (exact) mass is 325 g/mol. The summed E-state index contributed by atoms with van der Waals surface area (Å²) >= 11 is 0. The third kappa shape index (κ3) is 2.98. The van der Waals surface area contributed by atoms with Gasteiger partial charge in [0.25, 0.3) is 11.5 Å². The molecule has 1 aromatic carbocycles. The average molecular weight is 325 g/mol. The number of aromatic nitrogens is 2. The predicted molar refractivity (Wildman–Crippen MR) is 93.4 cm³/mol. The second kappa shape index (κ2) is 6.59. The van der Waals surface area contributed by atoms with E-state index in [0.29, 0.717) is 23.7 Å². The molecule has 0 saturated heterocycles. The van der Waals surface area contributed by atoms with Crippen LogP contribution in [0.4, 0.5) is 0 Å². The average Bonchev–Trinajstić information content (AvgIpc) is 2.58. The van der Waals surface area contributed by atoms with Crippen LogP contribution in [0.5, 0.6) is 0 Å². The Labute approximate surface area is 141 Å². The summed E-state index contributed by atoms with van der Waals surface area (Å²) in [7, 11) is 1.57. The predicted octanol–water partition coefficient (Wildman–Crippen LogP) is 2.25. The molecule has 1 heterocycles. The fraction of sp³-hybridized carbons (Fsp3) is 0.421. The van der Waals surface area contributed by atoms with Crippen LogP contribution < -0.4 is 10.9 Å². The van der Waals surface area contributed by atoms with Crippen LogP contribution in [0, 0.1) is 13.8 Å². The highest BCUT2D eigenvalue weighted by atomic mass is 16.2. The van der Waals surface area contributed by atoms with Crippen LogP contribution >= 0.6 is 0 Å². The van der Waals surface area contributed by atoms with Gasteiger partial charge in [-0.25, -0.2) is 4.68 Å². The van der Waals surface area contributed by atoms with E-state index in [9.17, 15) is 9.59 Å². The van der Waals surface area contributed by atoms with Crippen molar-refractivity contribution in [2.45, 2.75) is 39.0 Å². The molecule has 0 aliphatic heterocycles. The summed E-state index contributed by atoms with van der Waals surface area (Å²) in [5, 5.41) is 7.09. The SMILES string of the molecule is Cc1nn(C)c(=O)c(C(=O)NCC2CCCc3ccccc32)c1C. The minimum Gasteiger partial charge on any atom is -0.351 e. The smallest absolute Gasteiger partial charge is 0.279 e. The number of amides is 1. The zero-order valence-electron chi connectivity index (χ0n) is 14.4. The van der Waals surface area contributed by atoms with Gasteiger partial charge in [-0.05, 0) is 49.8 Å². The van der Waals surface area contributed by atoms with E-state index in [0.717, 1.165) is 19.3 Å². The van der Waals surface area contributed by atoms with Crippen molar-refractivity contribution in [3.8, 4) is 0 Å². The molecular weight excluding hydrogens is 302 g/mol. The number of hydrogen-bond donors (Lipinski definition) is 1. The maximum atomic E-state index is 12.6. The number of hydrogen-bond acceptors (Lipinski definition) is 3. The molecule has 5 heteroatoms. The van der Waals surface area contributed by atoms with E-state index in [1.807, 2.05) is 13.0 Å². The lowest BCUT2D eigenvalue weighted by molar-refractivity contribution is 0.0947. The van der Waals surface area contributed by atoms with E-state index in [2.05, 4.69) is 28.6 Å². The number of rotatable bonds is 3. The van der Waals surface area contributed by atoms with Crippen LogP contribution in [0.3, 0.4) is 0 Å². The Kier molecular flexibility index (Phi) is 4.51. The van der Waals surface area contributed by atoms with E-state index in [4.69, 9.17) is 0 Å². The van der Waals surface area contributed by atoms with Crippen molar-refractivity contribution < 1.29 is 4.79 Å². The Morgan fingerprint density at radius 3 is 2.88 bits per heavy atom. The van der Waals surface area contributed by atoms with E-state index in [-0.39, 0.29) is 17.0 Å². The quantitative estimate of drug-likeness (QED) is 0.941. The van der Waals surface area contributed by atoms with Crippen LogP contribution in [0.2, 0.25) is 0 Å². The molecule has 1 aliphatic carbocycles. The Bertz CT molecular complexity index is 839. The maximum Gasteiger partial charge on any atom is 0.279 e. The summed E-state index contributed by atoms with van der Waals surface area (Å²) in [5.41, 5.74) is 3.90. The topological polar surface area (TPSA) is 64.0 Å². The zero-order chi connectivity index (χ0) is 17.3. The van der Waals surface area contributed by atoms with Crippen molar-refractivity contribution in [2.75, 3.05) is 6.54 Å². The highest BCUT2D eigenvalue weighted by Gasteiger charge is 2.22. The molecule has 1 N–H and O–H groups in total. The summed E-state index contributed by atoms with van der Waals surface area (Å²) in [6.07, 6.45) is 3.29. The third-order valence-corrected chi connectivity index (χ3v) is 4.96. The molecule has 1 aromatic heterocycles. The number of carbonyl (C=O) groups is 1. The van der Waals surface area contributed by atoms with Crippen molar-refractivity contribution in [1.29, 1.82) is 0 Å². The first-order valence-corrected chi connectivity index (χ1v) is 8.39. The van der Waals surface area contributed by atoms with Crippen LogP contribution in [-0.2, 0) is 13.5 Å². The lowest BCUT2D eigenvalue weighted by Gasteiger charge is -2.25. The van der Waals surface area contributed by atoms with Gasteiger partial charge in [0.05, 0.1) is 5.69 Å². The van der Waals surface area contributed by atoms with E-state index in [1.165, 1.54) is 15.8 Å². The molecule has 0 fully saturated rings. The van der Waals surface area contributed by atoms with Gasteiger partial charge in [0.2, 0.25) is 0 Å². The minimum atomic E-state index is -0.348. The molecule has 24 heavy (non-hydrogen) atoms. The Hall–Kier alpha value is -2.43. The maximum absolute atomic E-state index is 12.6. The van der Waals surface area contributed by atoms with E-state index >= 15 is 0 Å². The summed E-state index contributed by atoms with van der Waals surface area (Å²) in [6.45, 7) is 4.14. The van der Waals surface area contributed by atoms with Crippen molar-refractivity contribution in [2.24, 2.45) is 7.05 Å². The lowest BCUT2D eigenvalue weighted by atomic mass is 9.83. The largest absolute Gasteiger partial charge is 0.351 e. The number of benzene rings is 1. The van der Waals surface area contributed by atoms with Crippen molar-refractivity contribution in [3.63, 3.8) is 0 Å². The number of nitrogens with zero attached hydrogens (tertiary/aromatic N) is 2. The van der Waals surface area contributed by atoms with Gasteiger partial charge in [0.15, 0.2) is 0 Å². The molecule has 0 saturated carbocycles. The summed E-state index contributed by atoms with van der Waals surface area (Å²) < 4.78 is 1.23. The molecule has 1 atom stereocenters. The van der Waals surface area contributed by atoms with Crippen LogP contribution in [0.25, 0.3) is 0 Å². The fourth-order valence-electron chi connectivity index (χ4n) is 3.49. The first-order chi connectivity index (χ1) is 11.5. The van der Waals surface area contributed by atoms with Gasteiger partial charge < -0.3 is 5.32 Å². The van der Waals surface area contributed by atoms with Crippen molar-refractivity contribution in [1.82, 2.24) is 15.1 Å². The van der Waals surface area contributed by atoms with Gasteiger partial charge in [0.1, 0.15) is 5.56 Å². The van der Waals surface area contributed by atoms with Crippen molar-refractivity contribution in [3.05, 3.63) is 62.6 Å². The van der Waals surface area contributed by atoms with Crippen molar-refractivity contribution >= 4 is 5.91 Å². The van der Waals surface area contributed by atoms with E-state index in [1.54, 1.807) is 14.0 Å². The third-order valence-electron chi connectivity index (χ3n) is 4.96. The van der Waals surface area contributed by atoms with Gasteiger partial charge in [-0.1, -0.05) is 24.3 Å². The normalized spacial score (nSPS) is 16.5. The van der Waals surface area contributed by atoms with Gasteiger partial charge >= 0.3 is 0 Å². The molecule has 1 unspecified atom stereocenters. The first-order valence-electron chi connectivity index (χ1n) is 8.39. The molecule has 5 nitrogen and oxygen atoms in total. The number of nitrogens with one attached hydrogen (secondary N) is 1. The molecule has 2 aromatic rings. The first kappa shape index (κ1) is 16.4. The van der Waals surface area contributed by atoms with Crippen LogP contribution in [0.1, 0.15) is 51.5 Å². The minimum absolute atomic E-state index is 0.203. The molecule has 0 radical (unpaired) electrons. The van der Waals surface area contributed by atoms with Gasteiger partial charge in [-0.15, -0.1) is 0 Å². The Morgan fingerprint density at radius 1 is 1.33 bits per heavy atom. The highest BCUT2D eigenvalue weighted by molar-refractivity contribution is 5.95. The molecule has 3 rings (SSSR count). The van der Waals surface area contributed by atoms with Crippen LogP contribution in [0.15, 0.2) is 29.1 Å². The van der Waals surface area contributed by atoms with Gasteiger partial charge in [0, 0.05) is 19.5 Å². The molecule has 1 amide bonds. The zero-order valence-corrected chi connectivity index (χ0v) is 14.4. The molecule has 0 spiro atoms. The van der Waals surface area contributed by atoms with Gasteiger partial charge in [-0.2, -0.15) is 5.10 Å². The summed E-state index contributed by atoms with van der Waals surface area (Å²) in [4.78, 5) is 24.9. The Morgan fingerprint density at radius 2 is 2.08 bits per heavy atom. The number of fused-ring (bicyclic) bond motifs is 1. The lowest BCUT2D eigenvalue weighted by Crippen LogP contribution is -2.37. The Balaban J connectivity index is 1.80. The second-order valence-corrected chi connectivity index (χ2v) is 6.51. The highest BCUT2D eigenvalue weighted by Crippen LogP contribution is 2.30. The molecular formula is C19H23N3O2. The van der Waals surface area contributed by atoms with Gasteiger partial charge in [-0.3, -0.25) is 9.59 Å². The van der Waals surface area contributed by atoms with E-state index < -0.39 is 0 Å². The summed E-state index contributed by atoms with van der Waals surface area (Å²) in [5.74, 6) is 0.00708. The molecule has 126 valence electrons. The second-order valence-electron chi connectivity index (χ2n) is 6.51. The number of carbonyl (C=O) groups excluding carboxylic acids is 1. The number of aryl methyl sites for hydroxylation is 3.